The Bertz CT molecular complexity index is 405. The first-order valence-corrected chi connectivity index (χ1v) is 15.9. The van der Waals surface area contributed by atoms with Crippen molar-refractivity contribution >= 4 is 11.6 Å². The monoisotopic (exact) mass is 501 g/mol. The zero-order valence-electron chi connectivity index (χ0n) is 23.2. The second-order valence-corrected chi connectivity index (χ2v) is 11.0. The first-order chi connectivity index (χ1) is 16.8. The van der Waals surface area contributed by atoms with E-state index in [9.17, 15) is 0 Å². The van der Waals surface area contributed by atoms with E-state index in [-0.39, 0.29) is 6.29 Å². The lowest BCUT2D eigenvalue weighted by atomic mass is 9.91. The van der Waals surface area contributed by atoms with Crippen molar-refractivity contribution in [3.63, 3.8) is 0 Å². The van der Waals surface area contributed by atoms with Gasteiger partial charge in [0.15, 0.2) is 6.29 Å². The number of nitrogens with zero attached hydrogens (tertiary/aromatic N) is 1. The first kappa shape index (κ1) is 32.2. The number of halogens is 1. The van der Waals surface area contributed by atoms with E-state index in [2.05, 4.69) is 18.7 Å². The van der Waals surface area contributed by atoms with Crippen molar-refractivity contribution < 1.29 is 9.47 Å². The van der Waals surface area contributed by atoms with Crippen LogP contribution in [-0.4, -0.2) is 49.4 Å². The maximum Gasteiger partial charge on any atom is 0.170 e. The Morgan fingerprint density at radius 1 is 0.647 bits per heavy atom. The molecule has 1 aliphatic carbocycles. The number of hydrogen-bond acceptors (Lipinski definition) is 3. The predicted molar refractivity (Wildman–Crippen MR) is 150 cm³/mol. The molecule has 0 radical (unpaired) electrons. The van der Waals surface area contributed by atoms with E-state index < -0.39 is 0 Å². The van der Waals surface area contributed by atoms with E-state index in [0.717, 1.165) is 39.1 Å². The van der Waals surface area contributed by atoms with Gasteiger partial charge in [-0.1, -0.05) is 123 Å². The molecule has 0 amide bonds. The minimum atomic E-state index is -0.0906. The zero-order valence-corrected chi connectivity index (χ0v) is 23.9. The predicted octanol–water partition coefficient (Wildman–Crippen LogP) is 9.50. The summed E-state index contributed by atoms with van der Waals surface area (Å²) >= 11 is 6.10. The highest BCUT2D eigenvalue weighted by Gasteiger charge is 2.27. The summed E-state index contributed by atoms with van der Waals surface area (Å²) in [6.45, 7) is 8.06. The molecule has 1 rings (SSSR count). The highest BCUT2D eigenvalue weighted by molar-refractivity contribution is 6.18. The molecular formula is C30H60ClNO2. The molecule has 1 atom stereocenters. The van der Waals surface area contributed by atoms with E-state index in [4.69, 9.17) is 21.1 Å². The average Bonchev–Trinajstić information content (AvgIpc) is 2.80. The van der Waals surface area contributed by atoms with Gasteiger partial charge in [0.25, 0.3) is 0 Å². The third-order valence-electron chi connectivity index (χ3n) is 7.45. The van der Waals surface area contributed by atoms with Crippen LogP contribution < -0.4 is 0 Å². The zero-order chi connectivity index (χ0) is 24.5. The molecule has 34 heavy (non-hydrogen) atoms. The van der Waals surface area contributed by atoms with E-state index in [0.29, 0.717) is 11.9 Å². The summed E-state index contributed by atoms with van der Waals surface area (Å²) in [7, 11) is 0. The Hall–Kier alpha value is 0.170. The third-order valence-corrected chi connectivity index (χ3v) is 7.62. The van der Waals surface area contributed by atoms with Crippen LogP contribution in [0.4, 0.5) is 0 Å². The molecule has 1 aliphatic rings. The maximum absolute atomic E-state index is 6.27. The van der Waals surface area contributed by atoms with Crippen LogP contribution in [0.3, 0.4) is 0 Å². The van der Waals surface area contributed by atoms with Crippen LogP contribution in [0.5, 0.6) is 0 Å². The van der Waals surface area contributed by atoms with Gasteiger partial charge in [-0.25, -0.2) is 0 Å². The molecule has 0 aromatic rings. The molecule has 1 saturated carbocycles. The summed E-state index contributed by atoms with van der Waals surface area (Å²) in [6, 6.07) is 0.689. The Kier molecular flexibility index (Phi) is 23.5. The molecule has 1 unspecified atom stereocenters. The number of rotatable bonds is 27. The van der Waals surface area contributed by atoms with Gasteiger partial charge in [-0.15, -0.1) is 11.6 Å². The van der Waals surface area contributed by atoms with E-state index >= 15 is 0 Å². The highest BCUT2D eigenvalue weighted by atomic mass is 35.5. The van der Waals surface area contributed by atoms with Gasteiger partial charge in [-0.2, -0.15) is 0 Å². The quantitative estimate of drug-likeness (QED) is 0.0635. The second-order valence-electron chi connectivity index (χ2n) is 10.6. The second kappa shape index (κ2) is 24.8. The average molecular weight is 502 g/mol. The SMILES string of the molecule is CCCCCCCCCCCCCCOC(CN(CCCl)C1CCC1)OCCCCCCCC. The molecule has 0 N–H and O–H groups in total. The molecule has 0 aromatic heterocycles. The Morgan fingerprint density at radius 2 is 1.06 bits per heavy atom. The van der Waals surface area contributed by atoms with Gasteiger partial charge in [0.2, 0.25) is 0 Å². The summed E-state index contributed by atoms with van der Waals surface area (Å²) < 4.78 is 12.5. The van der Waals surface area contributed by atoms with Crippen molar-refractivity contribution in [2.75, 3.05) is 32.2 Å². The molecule has 0 aromatic carbocycles. The topological polar surface area (TPSA) is 21.7 Å². The van der Waals surface area contributed by atoms with Gasteiger partial charge >= 0.3 is 0 Å². The highest BCUT2D eigenvalue weighted by Crippen LogP contribution is 2.25. The number of hydrogen-bond donors (Lipinski definition) is 0. The molecular weight excluding hydrogens is 442 g/mol. The fourth-order valence-corrected chi connectivity index (χ4v) is 5.10. The summed E-state index contributed by atoms with van der Waals surface area (Å²) in [5.41, 5.74) is 0. The normalized spacial score (nSPS) is 15.2. The number of unbranched alkanes of at least 4 members (excludes halogenated alkanes) is 16. The van der Waals surface area contributed by atoms with Crippen molar-refractivity contribution in [3.05, 3.63) is 0 Å². The van der Waals surface area contributed by atoms with Crippen molar-refractivity contribution in [2.45, 2.75) is 161 Å². The minimum Gasteiger partial charge on any atom is -0.351 e. The molecule has 0 saturated heterocycles. The molecule has 204 valence electrons. The van der Waals surface area contributed by atoms with Crippen molar-refractivity contribution in [1.82, 2.24) is 4.90 Å². The standard InChI is InChI=1S/C30H60ClNO2/c1-3-5-7-9-11-12-13-14-15-16-18-20-27-34-30(33-26-19-17-10-8-6-4-2)28-32(25-24-31)29-22-21-23-29/h29-30H,3-28H2,1-2H3. The van der Waals surface area contributed by atoms with Gasteiger partial charge in [-0.3, -0.25) is 4.90 Å². The van der Waals surface area contributed by atoms with Crippen LogP contribution in [0.1, 0.15) is 149 Å². The summed E-state index contributed by atoms with van der Waals surface area (Å²) in [5, 5.41) is 0. The molecule has 0 aliphatic heterocycles. The Balaban J connectivity index is 2.14. The third kappa shape index (κ3) is 18.4. The number of alkyl halides is 1. The Morgan fingerprint density at radius 3 is 1.41 bits per heavy atom. The largest absolute Gasteiger partial charge is 0.351 e. The van der Waals surface area contributed by atoms with Crippen LogP contribution in [0, 0.1) is 0 Å². The lowest BCUT2D eigenvalue weighted by Gasteiger charge is -2.39. The van der Waals surface area contributed by atoms with E-state index in [1.165, 1.54) is 122 Å². The molecule has 1 fully saturated rings. The minimum absolute atomic E-state index is 0.0906. The van der Waals surface area contributed by atoms with Crippen LogP contribution in [-0.2, 0) is 9.47 Å². The van der Waals surface area contributed by atoms with Gasteiger partial charge < -0.3 is 9.47 Å². The van der Waals surface area contributed by atoms with E-state index in [1.807, 2.05) is 0 Å². The lowest BCUT2D eigenvalue weighted by Crippen LogP contribution is -2.46. The molecule has 0 spiro atoms. The molecule has 3 nitrogen and oxygen atoms in total. The fourth-order valence-electron chi connectivity index (χ4n) is 4.88. The van der Waals surface area contributed by atoms with Gasteiger partial charge in [0.1, 0.15) is 0 Å². The van der Waals surface area contributed by atoms with Gasteiger partial charge in [0.05, 0.1) is 0 Å². The number of ether oxygens (including phenoxy) is 2. The van der Waals surface area contributed by atoms with Crippen LogP contribution in [0.25, 0.3) is 0 Å². The first-order valence-electron chi connectivity index (χ1n) is 15.3. The van der Waals surface area contributed by atoms with Crippen molar-refractivity contribution in [1.29, 1.82) is 0 Å². The van der Waals surface area contributed by atoms with Crippen LogP contribution in [0.15, 0.2) is 0 Å². The molecule has 0 heterocycles. The van der Waals surface area contributed by atoms with Crippen molar-refractivity contribution in [3.8, 4) is 0 Å². The molecule has 0 bridgehead atoms. The summed E-state index contributed by atoms with van der Waals surface area (Å²) in [6.07, 6.45) is 28.2. The molecule has 4 heteroatoms. The van der Waals surface area contributed by atoms with E-state index in [1.54, 1.807) is 0 Å². The maximum atomic E-state index is 6.27. The van der Waals surface area contributed by atoms with Gasteiger partial charge in [-0.05, 0) is 25.7 Å². The van der Waals surface area contributed by atoms with Crippen LogP contribution >= 0.6 is 11.6 Å². The lowest BCUT2D eigenvalue weighted by molar-refractivity contribution is -0.159. The Labute approximate surface area is 219 Å². The van der Waals surface area contributed by atoms with Crippen molar-refractivity contribution in [2.24, 2.45) is 0 Å². The smallest absolute Gasteiger partial charge is 0.170 e. The van der Waals surface area contributed by atoms with Crippen LogP contribution in [0.2, 0.25) is 0 Å². The van der Waals surface area contributed by atoms with Gasteiger partial charge in [0, 0.05) is 38.2 Å². The fraction of sp³-hybridized carbons (Fsp3) is 1.00. The summed E-state index contributed by atoms with van der Waals surface area (Å²) in [4.78, 5) is 2.52. The summed E-state index contributed by atoms with van der Waals surface area (Å²) in [5.74, 6) is 0.694.